The van der Waals surface area contributed by atoms with Crippen LogP contribution in [-0.2, 0) is 4.74 Å². The van der Waals surface area contributed by atoms with Gasteiger partial charge in [-0.25, -0.2) is 0 Å². The van der Waals surface area contributed by atoms with E-state index in [9.17, 15) is 5.11 Å². The van der Waals surface area contributed by atoms with E-state index in [1.54, 1.807) is 7.11 Å². The van der Waals surface area contributed by atoms with Gasteiger partial charge in [-0.15, -0.1) is 0 Å². The predicted octanol–water partition coefficient (Wildman–Crippen LogP) is 1.18. The van der Waals surface area contributed by atoms with Gasteiger partial charge in [-0.1, -0.05) is 6.42 Å². The molecule has 3 aliphatic carbocycles. The second-order valence-corrected chi connectivity index (χ2v) is 4.02. The summed E-state index contributed by atoms with van der Waals surface area (Å²) in [6.45, 7) is 2.13. The maximum absolute atomic E-state index is 9.61. The van der Waals surface area contributed by atoms with Crippen molar-refractivity contribution in [1.82, 2.24) is 0 Å². The van der Waals surface area contributed by atoms with Gasteiger partial charge in [-0.3, -0.25) is 0 Å². The summed E-state index contributed by atoms with van der Waals surface area (Å²) in [6, 6.07) is 0. The molecule has 0 heterocycles. The molecule has 1 N–H and O–H groups in total. The first-order valence-corrected chi connectivity index (χ1v) is 4.43. The molecule has 0 aromatic carbocycles. The lowest BCUT2D eigenvalue weighted by Gasteiger charge is -2.60. The zero-order valence-corrected chi connectivity index (χ0v) is 7.21. The summed E-state index contributed by atoms with van der Waals surface area (Å²) >= 11 is 0. The lowest BCUT2D eigenvalue weighted by atomic mass is 9.52. The number of rotatable bonds is 1. The van der Waals surface area contributed by atoms with Gasteiger partial charge in [0.15, 0.2) is 0 Å². The third-order valence-corrected chi connectivity index (χ3v) is 3.77. The molecule has 3 aliphatic rings. The van der Waals surface area contributed by atoms with Gasteiger partial charge < -0.3 is 9.84 Å². The second kappa shape index (κ2) is 2.20. The van der Waals surface area contributed by atoms with Crippen LogP contribution in [0.3, 0.4) is 0 Å². The molecule has 11 heavy (non-hydrogen) atoms. The fourth-order valence-corrected chi connectivity index (χ4v) is 2.89. The van der Waals surface area contributed by atoms with Crippen molar-refractivity contribution in [3.05, 3.63) is 0 Å². The highest BCUT2D eigenvalue weighted by Gasteiger charge is 2.60. The monoisotopic (exact) mass is 156 g/mol. The Labute approximate surface area is 67.6 Å². The van der Waals surface area contributed by atoms with Crippen molar-refractivity contribution in [2.75, 3.05) is 7.11 Å². The lowest BCUT2D eigenvalue weighted by molar-refractivity contribution is -0.254. The normalized spacial score (nSPS) is 55.4. The molecule has 0 aromatic rings. The van der Waals surface area contributed by atoms with Gasteiger partial charge in [-0.2, -0.15) is 0 Å². The molecule has 0 amide bonds. The van der Waals surface area contributed by atoms with Crippen molar-refractivity contribution >= 4 is 0 Å². The average molecular weight is 156 g/mol. The first kappa shape index (κ1) is 7.56. The van der Waals surface area contributed by atoms with Crippen LogP contribution in [0, 0.1) is 11.8 Å². The minimum absolute atomic E-state index is 0.00231. The van der Waals surface area contributed by atoms with Crippen LogP contribution in [0.2, 0.25) is 0 Å². The Hall–Kier alpha value is -0.0800. The first-order chi connectivity index (χ1) is 5.20. The van der Waals surface area contributed by atoms with Crippen molar-refractivity contribution in [3.8, 4) is 0 Å². The maximum Gasteiger partial charge on any atom is 0.0756 e. The van der Waals surface area contributed by atoms with Crippen LogP contribution in [0.4, 0.5) is 0 Å². The predicted molar refractivity (Wildman–Crippen MR) is 42.3 cm³/mol. The van der Waals surface area contributed by atoms with E-state index in [0.717, 1.165) is 12.8 Å². The summed E-state index contributed by atoms with van der Waals surface area (Å²) in [5.74, 6) is 0.817. The van der Waals surface area contributed by atoms with E-state index in [-0.39, 0.29) is 11.7 Å². The van der Waals surface area contributed by atoms with Crippen molar-refractivity contribution in [2.24, 2.45) is 11.8 Å². The van der Waals surface area contributed by atoms with Crippen molar-refractivity contribution in [2.45, 2.75) is 37.9 Å². The van der Waals surface area contributed by atoms with Crippen LogP contribution in [0.15, 0.2) is 0 Å². The van der Waals surface area contributed by atoms with Crippen LogP contribution in [-0.4, -0.2) is 23.9 Å². The SMILES string of the molecule is COC1(C)C2CCCC1C2O. The van der Waals surface area contributed by atoms with Gasteiger partial charge >= 0.3 is 0 Å². The van der Waals surface area contributed by atoms with E-state index in [1.165, 1.54) is 6.42 Å². The fourth-order valence-electron chi connectivity index (χ4n) is 2.89. The zero-order valence-electron chi connectivity index (χ0n) is 7.21. The number of ether oxygens (including phenoxy) is 1. The summed E-state index contributed by atoms with van der Waals surface area (Å²) in [4.78, 5) is 0. The molecule has 0 saturated heterocycles. The molecule has 3 rings (SSSR count). The molecule has 0 aliphatic heterocycles. The van der Waals surface area contributed by atoms with Gasteiger partial charge in [0.2, 0.25) is 0 Å². The van der Waals surface area contributed by atoms with Crippen molar-refractivity contribution < 1.29 is 9.84 Å². The van der Waals surface area contributed by atoms with Gasteiger partial charge in [0, 0.05) is 18.9 Å². The Balaban J connectivity index is 2.16. The molecule has 2 bridgehead atoms. The summed E-state index contributed by atoms with van der Waals surface area (Å²) in [6.07, 6.45) is 3.48. The Bertz CT molecular complexity index is 155. The molecular weight excluding hydrogens is 140 g/mol. The third kappa shape index (κ3) is 0.744. The standard InChI is InChI=1S/C9H16O2/c1-9(11-2)6-4-3-5-7(9)8(6)10/h6-8,10H,3-5H2,1-2H3. The minimum Gasteiger partial charge on any atom is -0.392 e. The molecule has 3 fully saturated rings. The number of methoxy groups -OCH3 is 1. The highest BCUT2D eigenvalue weighted by atomic mass is 16.5. The molecule has 0 spiro atoms. The van der Waals surface area contributed by atoms with Crippen molar-refractivity contribution in [3.63, 3.8) is 0 Å². The smallest absolute Gasteiger partial charge is 0.0756 e. The Morgan fingerprint density at radius 2 is 1.91 bits per heavy atom. The molecule has 2 heteroatoms. The summed E-state index contributed by atoms with van der Waals surface area (Å²) in [5.41, 5.74) is -0.00231. The number of hydrogen-bond donors (Lipinski definition) is 1. The molecule has 0 aromatic heterocycles. The topological polar surface area (TPSA) is 29.5 Å². The molecular formula is C9H16O2. The number of aliphatic hydroxyl groups is 1. The van der Waals surface area contributed by atoms with E-state index in [0.29, 0.717) is 11.8 Å². The fraction of sp³-hybridized carbons (Fsp3) is 1.00. The van der Waals surface area contributed by atoms with E-state index in [1.807, 2.05) is 0 Å². The van der Waals surface area contributed by atoms with Gasteiger partial charge in [0.05, 0.1) is 11.7 Å². The maximum atomic E-state index is 9.61. The molecule has 2 atom stereocenters. The van der Waals surface area contributed by atoms with Gasteiger partial charge in [-0.05, 0) is 19.8 Å². The molecule has 3 saturated carbocycles. The largest absolute Gasteiger partial charge is 0.392 e. The second-order valence-electron chi connectivity index (χ2n) is 4.02. The zero-order chi connectivity index (χ0) is 8.06. The van der Waals surface area contributed by atoms with Crippen LogP contribution in [0.5, 0.6) is 0 Å². The lowest BCUT2D eigenvalue weighted by Crippen LogP contribution is -2.67. The van der Waals surface area contributed by atoms with E-state index in [2.05, 4.69) is 6.92 Å². The summed E-state index contributed by atoms with van der Waals surface area (Å²) in [5, 5.41) is 9.61. The van der Waals surface area contributed by atoms with E-state index in [4.69, 9.17) is 4.74 Å². The van der Waals surface area contributed by atoms with Gasteiger partial charge in [0.25, 0.3) is 0 Å². The number of aliphatic hydroxyl groups excluding tert-OH is 1. The quantitative estimate of drug-likeness (QED) is 0.617. The molecule has 0 radical (unpaired) electrons. The minimum atomic E-state index is -0.0753. The van der Waals surface area contributed by atoms with Crippen LogP contribution in [0.25, 0.3) is 0 Å². The Kier molecular flexibility index (Phi) is 1.52. The number of hydrogen-bond acceptors (Lipinski definition) is 2. The average Bonchev–Trinajstić information content (AvgIpc) is 2.06. The van der Waals surface area contributed by atoms with Crippen LogP contribution >= 0.6 is 0 Å². The molecule has 2 nitrogen and oxygen atoms in total. The van der Waals surface area contributed by atoms with E-state index < -0.39 is 0 Å². The highest BCUT2D eigenvalue weighted by Crippen LogP contribution is 2.55. The molecule has 2 unspecified atom stereocenters. The third-order valence-electron chi connectivity index (χ3n) is 3.77. The van der Waals surface area contributed by atoms with Crippen LogP contribution < -0.4 is 0 Å². The first-order valence-electron chi connectivity index (χ1n) is 4.43. The number of fused-ring (bicyclic) bond motifs is 2. The summed E-state index contributed by atoms with van der Waals surface area (Å²) in [7, 11) is 1.76. The highest BCUT2D eigenvalue weighted by molar-refractivity contribution is 5.10. The van der Waals surface area contributed by atoms with Crippen molar-refractivity contribution in [1.29, 1.82) is 0 Å². The Morgan fingerprint density at radius 3 is 2.18 bits per heavy atom. The Morgan fingerprint density at radius 1 is 1.36 bits per heavy atom. The van der Waals surface area contributed by atoms with E-state index >= 15 is 0 Å². The molecule has 64 valence electrons. The summed E-state index contributed by atoms with van der Waals surface area (Å²) < 4.78 is 5.45. The van der Waals surface area contributed by atoms with Crippen LogP contribution in [0.1, 0.15) is 26.2 Å². The van der Waals surface area contributed by atoms with Gasteiger partial charge in [0.1, 0.15) is 0 Å².